The summed E-state index contributed by atoms with van der Waals surface area (Å²) < 4.78 is 0. The number of rotatable bonds is 2. The van der Waals surface area contributed by atoms with E-state index in [1.807, 2.05) is 0 Å². The third-order valence-corrected chi connectivity index (χ3v) is 6.65. The Kier molecular flexibility index (Phi) is 6.63. The minimum absolute atomic E-state index is 0. The number of halogens is 2. The normalized spacial score (nSPS) is 39.6. The molecule has 23 heavy (non-hydrogen) atoms. The second-order valence-electron chi connectivity index (χ2n) is 7.76. The van der Waals surface area contributed by atoms with E-state index in [-0.39, 0.29) is 30.2 Å². The van der Waals surface area contributed by atoms with Gasteiger partial charge in [0.2, 0.25) is 5.91 Å². The molecule has 0 aromatic carbocycles. The van der Waals surface area contributed by atoms with Gasteiger partial charge in [0.25, 0.3) is 0 Å². The van der Waals surface area contributed by atoms with E-state index in [2.05, 4.69) is 15.5 Å². The Labute approximate surface area is 152 Å². The number of hydrogen-bond donors (Lipinski definition) is 2. The average Bonchev–Trinajstić information content (AvgIpc) is 3.13. The van der Waals surface area contributed by atoms with Crippen LogP contribution in [0.5, 0.6) is 0 Å². The molecule has 4 rings (SSSR count). The van der Waals surface area contributed by atoms with Crippen molar-refractivity contribution in [1.82, 2.24) is 15.5 Å². The molecule has 0 radical (unpaired) electrons. The van der Waals surface area contributed by atoms with Crippen LogP contribution in [0.25, 0.3) is 0 Å². The standard InChI is InChI=1S/C17H29N3O.2ClH/c21-16(17-7-2-1-4-13(17)11-18-12-17)19-14-6-9-20-8-3-5-15(20)10-14;;/h13-15,18H,1-12H2,(H,19,21);2*1H/t13-,14?,15?,17+;;/m0../s1. The molecule has 2 unspecified atom stereocenters. The molecule has 3 aliphatic heterocycles. The van der Waals surface area contributed by atoms with Crippen molar-refractivity contribution in [3.8, 4) is 0 Å². The number of carbonyl (C=O) groups is 1. The van der Waals surface area contributed by atoms with Gasteiger partial charge in [-0.2, -0.15) is 0 Å². The van der Waals surface area contributed by atoms with E-state index in [0.29, 0.717) is 17.9 Å². The zero-order valence-corrected chi connectivity index (χ0v) is 15.5. The lowest BCUT2D eigenvalue weighted by Crippen LogP contribution is -2.54. The Hall–Kier alpha value is -0.0300. The molecule has 0 spiro atoms. The number of carbonyl (C=O) groups excluding carboxylic acids is 1. The maximum atomic E-state index is 13.0. The molecule has 4 nitrogen and oxygen atoms in total. The van der Waals surface area contributed by atoms with Gasteiger partial charge in [-0.05, 0) is 57.5 Å². The Morgan fingerprint density at radius 1 is 1.09 bits per heavy atom. The van der Waals surface area contributed by atoms with Crippen molar-refractivity contribution in [2.24, 2.45) is 11.3 Å². The minimum Gasteiger partial charge on any atom is -0.353 e. The van der Waals surface area contributed by atoms with Gasteiger partial charge in [0.1, 0.15) is 0 Å². The molecule has 0 aromatic rings. The Morgan fingerprint density at radius 3 is 2.83 bits per heavy atom. The van der Waals surface area contributed by atoms with Crippen LogP contribution in [0.2, 0.25) is 0 Å². The molecular formula is C17H31Cl2N3O. The fourth-order valence-electron chi connectivity index (χ4n) is 5.38. The molecule has 1 aliphatic carbocycles. The molecule has 2 N–H and O–H groups in total. The first-order valence-electron chi connectivity index (χ1n) is 9.04. The highest BCUT2D eigenvalue weighted by Crippen LogP contribution is 2.44. The van der Waals surface area contributed by atoms with Crippen LogP contribution in [0.15, 0.2) is 0 Å². The third kappa shape index (κ3) is 3.51. The van der Waals surface area contributed by atoms with Crippen LogP contribution in [-0.4, -0.2) is 49.1 Å². The smallest absolute Gasteiger partial charge is 0.228 e. The topological polar surface area (TPSA) is 44.4 Å². The highest BCUT2D eigenvalue weighted by atomic mass is 35.5. The summed E-state index contributed by atoms with van der Waals surface area (Å²) >= 11 is 0. The average molecular weight is 364 g/mol. The lowest BCUT2D eigenvalue weighted by Gasteiger charge is -2.40. The third-order valence-electron chi connectivity index (χ3n) is 6.65. The van der Waals surface area contributed by atoms with Crippen LogP contribution >= 0.6 is 24.8 Å². The Balaban J connectivity index is 0.000000960. The highest BCUT2D eigenvalue weighted by molar-refractivity contribution is 5.85. The van der Waals surface area contributed by atoms with Gasteiger partial charge < -0.3 is 15.5 Å². The molecule has 134 valence electrons. The van der Waals surface area contributed by atoms with Crippen molar-refractivity contribution < 1.29 is 4.79 Å². The monoisotopic (exact) mass is 363 g/mol. The van der Waals surface area contributed by atoms with E-state index in [4.69, 9.17) is 0 Å². The molecule has 1 saturated carbocycles. The van der Waals surface area contributed by atoms with E-state index in [9.17, 15) is 4.79 Å². The quantitative estimate of drug-likeness (QED) is 0.791. The van der Waals surface area contributed by atoms with Gasteiger partial charge in [-0.1, -0.05) is 12.8 Å². The largest absolute Gasteiger partial charge is 0.353 e. The summed E-state index contributed by atoms with van der Waals surface area (Å²) in [4.78, 5) is 15.6. The number of fused-ring (bicyclic) bond motifs is 2. The molecular weight excluding hydrogens is 333 g/mol. The van der Waals surface area contributed by atoms with Gasteiger partial charge in [-0.3, -0.25) is 4.79 Å². The van der Waals surface area contributed by atoms with E-state index in [1.165, 1.54) is 51.6 Å². The van der Waals surface area contributed by atoms with Gasteiger partial charge in [-0.25, -0.2) is 0 Å². The first kappa shape index (κ1) is 19.3. The minimum atomic E-state index is -0.0783. The first-order chi connectivity index (χ1) is 10.3. The number of nitrogens with one attached hydrogen (secondary N) is 2. The molecule has 0 aromatic heterocycles. The van der Waals surface area contributed by atoms with Crippen LogP contribution in [0.4, 0.5) is 0 Å². The van der Waals surface area contributed by atoms with Crippen LogP contribution in [-0.2, 0) is 4.79 Å². The summed E-state index contributed by atoms with van der Waals surface area (Å²) in [6.07, 6.45) is 9.88. The van der Waals surface area contributed by atoms with Crippen molar-refractivity contribution in [3.05, 3.63) is 0 Å². The van der Waals surface area contributed by atoms with Crippen LogP contribution in [0.3, 0.4) is 0 Å². The Bertz CT molecular complexity index is 423. The fraction of sp³-hybridized carbons (Fsp3) is 0.941. The van der Waals surface area contributed by atoms with Gasteiger partial charge >= 0.3 is 0 Å². The van der Waals surface area contributed by atoms with Crippen molar-refractivity contribution in [2.75, 3.05) is 26.2 Å². The molecule has 4 aliphatic rings. The molecule has 4 fully saturated rings. The molecule has 3 heterocycles. The second kappa shape index (κ2) is 7.90. The fourth-order valence-corrected chi connectivity index (χ4v) is 5.38. The lowest BCUT2D eigenvalue weighted by molar-refractivity contribution is -0.135. The summed E-state index contributed by atoms with van der Waals surface area (Å²) in [5, 5.41) is 6.95. The van der Waals surface area contributed by atoms with Crippen LogP contribution in [0, 0.1) is 11.3 Å². The maximum Gasteiger partial charge on any atom is 0.228 e. The predicted molar refractivity (Wildman–Crippen MR) is 97.5 cm³/mol. The van der Waals surface area contributed by atoms with E-state index < -0.39 is 0 Å². The van der Waals surface area contributed by atoms with Crippen molar-refractivity contribution in [2.45, 2.75) is 63.5 Å². The van der Waals surface area contributed by atoms with Crippen LogP contribution < -0.4 is 10.6 Å². The summed E-state index contributed by atoms with van der Waals surface area (Å²) in [6, 6.07) is 1.17. The highest BCUT2D eigenvalue weighted by Gasteiger charge is 2.50. The maximum absolute atomic E-state index is 13.0. The molecule has 4 atom stereocenters. The second-order valence-corrected chi connectivity index (χ2v) is 7.76. The van der Waals surface area contributed by atoms with Gasteiger partial charge in [-0.15, -0.1) is 24.8 Å². The SMILES string of the molecule is Cl.Cl.O=C(NC1CCN2CCCC2C1)[C@@]12CCCC[C@H]1CNC2. The number of amides is 1. The first-order valence-corrected chi connectivity index (χ1v) is 9.04. The summed E-state index contributed by atoms with van der Waals surface area (Å²) in [6.45, 7) is 4.42. The number of hydrogen-bond acceptors (Lipinski definition) is 3. The zero-order chi connectivity index (χ0) is 14.3. The summed E-state index contributed by atoms with van der Waals surface area (Å²) in [5.74, 6) is 0.950. The number of piperidine rings is 1. The number of nitrogens with zero attached hydrogens (tertiary/aromatic N) is 1. The van der Waals surface area contributed by atoms with Crippen molar-refractivity contribution in [1.29, 1.82) is 0 Å². The van der Waals surface area contributed by atoms with Gasteiger partial charge in [0.15, 0.2) is 0 Å². The van der Waals surface area contributed by atoms with Gasteiger partial charge in [0, 0.05) is 25.2 Å². The van der Waals surface area contributed by atoms with E-state index in [1.54, 1.807) is 0 Å². The van der Waals surface area contributed by atoms with Gasteiger partial charge in [0.05, 0.1) is 5.41 Å². The van der Waals surface area contributed by atoms with E-state index >= 15 is 0 Å². The van der Waals surface area contributed by atoms with Crippen molar-refractivity contribution in [3.63, 3.8) is 0 Å². The molecule has 6 heteroatoms. The van der Waals surface area contributed by atoms with Crippen LogP contribution in [0.1, 0.15) is 51.4 Å². The lowest BCUT2D eigenvalue weighted by atomic mass is 9.67. The summed E-state index contributed by atoms with van der Waals surface area (Å²) in [5.41, 5.74) is -0.0783. The van der Waals surface area contributed by atoms with Crippen molar-refractivity contribution >= 4 is 30.7 Å². The summed E-state index contributed by atoms with van der Waals surface area (Å²) in [7, 11) is 0. The Morgan fingerprint density at radius 2 is 1.96 bits per heavy atom. The molecule has 1 amide bonds. The molecule has 3 saturated heterocycles. The van der Waals surface area contributed by atoms with E-state index in [0.717, 1.165) is 32.0 Å². The molecule has 0 bridgehead atoms. The zero-order valence-electron chi connectivity index (χ0n) is 13.9. The predicted octanol–water partition coefficient (Wildman–Crippen LogP) is 2.35.